The minimum absolute atomic E-state index is 0.269. The van der Waals surface area contributed by atoms with Crippen LogP contribution in [0.25, 0.3) is 11.0 Å². The number of aryl methyl sites for hydroxylation is 1. The molecule has 5 nitrogen and oxygen atoms in total. The highest BCUT2D eigenvalue weighted by Crippen LogP contribution is 2.16. The zero-order valence-electron chi connectivity index (χ0n) is 14.6. The van der Waals surface area contributed by atoms with Gasteiger partial charge < -0.3 is 15.2 Å². The molecule has 0 spiro atoms. The highest BCUT2D eigenvalue weighted by molar-refractivity contribution is 5.76. The Morgan fingerprint density at radius 1 is 1.38 bits per heavy atom. The number of aromatic nitrogens is 2. The number of amides is 1. The van der Waals surface area contributed by atoms with Crippen LogP contribution in [0.2, 0.25) is 0 Å². The molecule has 1 aromatic heterocycles. The number of imidazole rings is 1. The highest BCUT2D eigenvalue weighted by Gasteiger charge is 2.16. The molecule has 0 saturated carbocycles. The molecule has 0 bridgehead atoms. The molecular weight excluding hydrogens is 300 g/mol. The fourth-order valence-electron chi connectivity index (χ4n) is 3.42. The number of aromatic amines is 1. The molecule has 1 atom stereocenters. The molecule has 1 aliphatic heterocycles. The molecule has 2 N–H and O–H groups in total. The second-order valence-corrected chi connectivity index (χ2v) is 6.87. The second kappa shape index (κ2) is 8.29. The predicted molar refractivity (Wildman–Crippen MR) is 96.9 cm³/mol. The van der Waals surface area contributed by atoms with Gasteiger partial charge in [-0.15, -0.1) is 0 Å². The van der Waals surface area contributed by atoms with Gasteiger partial charge in [0, 0.05) is 26.4 Å². The number of para-hydroxylation sites is 2. The maximum absolute atomic E-state index is 12.3. The van der Waals surface area contributed by atoms with Gasteiger partial charge in [0.15, 0.2) is 0 Å². The Hall–Kier alpha value is -1.88. The van der Waals surface area contributed by atoms with E-state index in [2.05, 4.69) is 15.3 Å². The van der Waals surface area contributed by atoms with Crippen LogP contribution < -0.4 is 5.32 Å². The third-order valence-corrected chi connectivity index (χ3v) is 4.94. The fourth-order valence-corrected chi connectivity index (χ4v) is 3.42. The van der Waals surface area contributed by atoms with E-state index in [1.807, 2.05) is 36.2 Å². The van der Waals surface area contributed by atoms with E-state index < -0.39 is 0 Å². The number of hydrogen-bond donors (Lipinski definition) is 2. The van der Waals surface area contributed by atoms with Gasteiger partial charge in [0.1, 0.15) is 5.82 Å². The number of piperidine rings is 1. The van der Waals surface area contributed by atoms with Crippen molar-refractivity contribution in [3.05, 3.63) is 30.1 Å². The van der Waals surface area contributed by atoms with Crippen molar-refractivity contribution in [2.45, 2.75) is 38.5 Å². The first-order chi connectivity index (χ1) is 11.7. The lowest BCUT2D eigenvalue weighted by Gasteiger charge is -2.23. The Morgan fingerprint density at radius 2 is 2.25 bits per heavy atom. The lowest BCUT2D eigenvalue weighted by atomic mass is 9.94. The average Bonchev–Trinajstić information content (AvgIpc) is 3.03. The highest BCUT2D eigenvalue weighted by atomic mass is 16.2. The number of nitrogens with one attached hydrogen (secondary N) is 2. The number of carbonyl (C=O) groups excluding carboxylic acids is 1. The standard InChI is InChI=1S/C19H28N4O/c1-23(19(24)11-10-15-6-4-12-20-14-15)13-5-9-18-21-16-7-2-3-8-17(16)22-18/h2-3,7-8,15,20H,4-6,9-14H2,1H3,(H,21,22). The topological polar surface area (TPSA) is 61.0 Å². The Kier molecular flexibility index (Phi) is 5.86. The number of hydrogen-bond acceptors (Lipinski definition) is 3. The smallest absolute Gasteiger partial charge is 0.222 e. The van der Waals surface area contributed by atoms with Gasteiger partial charge in [-0.2, -0.15) is 0 Å². The van der Waals surface area contributed by atoms with Gasteiger partial charge in [0.25, 0.3) is 0 Å². The van der Waals surface area contributed by atoms with Gasteiger partial charge >= 0.3 is 0 Å². The number of rotatable bonds is 7. The molecule has 130 valence electrons. The molecule has 1 saturated heterocycles. The summed E-state index contributed by atoms with van der Waals surface area (Å²) in [7, 11) is 1.92. The van der Waals surface area contributed by atoms with Crippen molar-refractivity contribution in [1.82, 2.24) is 20.2 Å². The van der Waals surface area contributed by atoms with E-state index >= 15 is 0 Å². The van der Waals surface area contributed by atoms with Crippen LogP contribution in [-0.2, 0) is 11.2 Å². The zero-order chi connectivity index (χ0) is 16.8. The molecule has 1 fully saturated rings. The molecule has 1 aliphatic rings. The summed E-state index contributed by atoms with van der Waals surface area (Å²) in [5, 5.41) is 3.42. The average molecular weight is 328 g/mol. The number of H-pyrrole nitrogens is 1. The van der Waals surface area contributed by atoms with Crippen LogP contribution in [0.4, 0.5) is 0 Å². The SMILES string of the molecule is CN(CCCc1nc2ccccc2[nH]1)C(=O)CCC1CCCNC1. The molecule has 3 rings (SSSR count). The number of carbonyl (C=O) groups is 1. The van der Waals surface area contributed by atoms with E-state index in [9.17, 15) is 4.79 Å². The summed E-state index contributed by atoms with van der Waals surface area (Å²) < 4.78 is 0. The van der Waals surface area contributed by atoms with Gasteiger partial charge in [0.2, 0.25) is 5.91 Å². The van der Waals surface area contributed by atoms with Gasteiger partial charge in [-0.25, -0.2) is 4.98 Å². The van der Waals surface area contributed by atoms with E-state index in [1.54, 1.807) is 0 Å². The van der Waals surface area contributed by atoms with Crippen molar-refractivity contribution in [1.29, 1.82) is 0 Å². The Labute approximate surface area is 143 Å². The minimum Gasteiger partial charge on any atom is -0.346 e. The quantitative estimate of drug-likeness (QED) is 0.821. The van der Waals surface area contributed by atoms with Crippen molar-refractivity contribution in [3.8, 4) is 0 Å². The first-order valence-electron chi connectivity index (χ1n) is 9.10. The molecule has 1 aromatic carbocycles. The minimum atomic E-state index is 0.269. The first-order valence-corrected chi connectivity index (χ1v) is 9.10. The fraction of sp³-hybridized carbons (Fsp3) is 0.579. The van der Waals surface area contributed by atoms with Gasteiger partial charge in [-0.1, -0.05) is 12.1 Å². The van der Waals surface area contributed by atoms with Crippen LogP contribution in [0.15, 0.2) is 24.3 Å². The van der Waals surface area contributed by atoms with E-state index in [1.165, 1.54) is 12.8 Å². The van der Waals surface area contributed by atoms with E-state index in [0.29, 0.717) is 12.3 Å². The molecule has 24 heavy (non-hydrogen) atoms. The zero-order valence-corrected chi connectivity index (χ0v) is 14.6. The lowest BCUT2D eigenvalue weighted by molar-refractivity contribution is -0.130. The van der Waals surface area contributed by atoms with Gasteiger partial charge in [0.05, 0.1) is 11.0 Å². The molecule has 1 amide bonds. The van der Waals surface area contributed by atoms with Crippen molar-refractivity contribution >= 4 is 16.9 Å². The van der Waals surface area contributed by atoms with E-state index in [0.717, 1.165) is 55.8 Å². The first kappa shape index (κ1) is 17.0. The van der Waals surface area contributed by atoms with Crippen LogP contribution in [0.5, 0.6) is 0 Å². The van der Waals surface area contributed by atoms with Crippen molar-refractivity contribution in [3.63, 3.8) is 0 Å². The summed E-state index contributed by atoms with van der Waals surface area (Å²) in [5.41, 5.74) is 2.09. The maximum atomic E-state index is 12.3. The summed E-state index contributed by atoms with van der Waals surface area (Å²) >= 11 is 0. The Bertz CT molecular complexity index is 627. The molecule has 2 heterocycles. The van der Waals surface area contributed by atoms with Gasteiger partial charge in [-0.05, 0) is 56.8 Å². The molecule has 2 aromatic rings. The number of fused-ring (bicyclic) bond motifs is 1. The molecule has 5 heteroatoms. The van der Waals surface area contributed by atoms with E-state index in [4.69, 9.17) is 0 Å². The van der Waals surface area contributed by atoms with Gasteiger partial charge in [-0.3, -0.25) is 4.79 Å². The Balaban J connectivity index is 1.38. The van der Waals surface area contributed by atoms with Crippen LogP contribution in [0, 0.1) is 5.92 Å². The van der Waals surface area contributed by atoms with Crippen LogP contribution in [0.1, 0.15) is 37.9 Å². The van der Waals surface area contributed by atoms with Crippen molar-refractivity contribution < 1.29 is 4.79 Å². The summed E-state index contributed by atoms with van der Waals surface area (Å²) in [6, 6.07) is 8.08. The summed E-state index contributed by atoms with van der Waals surface area (Å²) in [6.07, 6.45) is 6.00. The Morgan fingerprint density at radius 3 is 3.04 bits per heavy atom. The number of benzene rings is 1. The van der Waals surface area contributed by atoms with Crippen LogP contribution >= 0.6 is 0 Å². The van der Waals surface area contributed by atoms with Crippen LogP contribution in [0.3, 0.4) is 0 Å². The number of nitrogens with zero attached hydrogens (tertiary/aromatic N) is 2. The second-order valence-electron chi connectivity index (χ2n) is 6.87. The molecular formula is C19H28N4O. The largest absolute Gasteiger partial charge is 0.346 e. The predicted octanol–water partition coefficient (Wildman–Crippen LogP) is 2.73. The third kappa shape index (κ3) is 4.57. The molecule has 0 radical (unpaired) electrons. The third-order valence-electron chi connectivity index (χ3n) is 4.94. The van der Waals surface area contributed by atoms with Crippen LogP contribution in [-0.4, -0.2) is 47.5 Å². The van der Waals surface area contributed by atoms with Crippen molar-refractivity contribution in [2.75, 3.05) is 26.7 Å². The molecule has 0 aliphatic carbocycles. The summed E-state index contributed by atoms with van der Waals surface area (Å²) in [4.78, 5) is 22.1. The normalized spacial score (nSPS) is 18.0. The summed E-state index contributed by atoms with van der Waals surface area (Å²) in [5.74, 6) is 1.95. The van der Waals surface area contributed by atoms with E-state index in [-0.39, 0.29) is 5.91 Å². The summed E-state index contributed by atoms with van der Waals surface area (Å²) in [6.45, 7) is 2.99. The van der Waals surface area contributed by atoms with Crippen molar-refractivity contribution in [2.24, 2.45) is 5.92 Å². The monoisotopic (exact) mass is 328 g/mol. The molecule has 1 unspecified atom stereocenters. The lowest BCUT2D eigenvalue weighted by Crippen LogP contribution is -2.32. The maximum Gasteiger partial charge on any atom is 0.222 e.